The van der Waals surface area contributed by atoms with Gasteiger partial charge in [0.05, 0.1) is 36.0 Å². The van der Waals surface area contributed by atoms with E-state index in [0.717, 1.165) is 69.5 Å². The number of primary amides is 1. The fraction of sp³-hybridized carbons (Fsp3) is 0.500. The van der Waals surface area contributed by atoms with Crippen LogP contribution in [-0.4, -0.2) is 132 Å². The summed E-state index contributed by atoms with van der Waals surface area (Å²) >= 11 is 0. The van der Waals surface area contributed by atoms with Crippen LogP contribution in [0.1, 0.15) is 29.8 Å². The number of fused-ring (bicyclic) bond motifs is 4. The van der Waals surface area contributed by atoms with E-state index in [1.54, 1.807) is 25.1 Å². The van der Waals surface area contributed by atoms with Crippen molar-refractivity contribution in [2.24, 2.45) is 17.6 Å². The number of piperazine rings is 3. The molecule has 46 heavy (non-hydrogen) atoms. The maximum Gasteiger partial charge on any atom is 0.352 e. The van der Waals surface area contributed by atoms with Gasteiger partial charge in [0.1, 0.15) is 45.0 Å². The summed E-state index contributed by atoms with van der Waals surface area (Å²) in [6.45, 7) is 9.44. The first-order valence-corrected chi connectivity index (χ1v) is 17.2. The second-order valence-corrected chi connectivity index (χ2v) is 15.7. The normalized spacial score (nSPS) is 31.7. The van der Waals surface area contributed by atoms with E-state index in [2.05, 4.69) is 0 Å². The van der Waals surface area contributed by atoms with E-state index >= 15 is 0 Å². The quantitative estimate of drug-likeness (QED) is 0.248. The molecule has 0 radical (unpaired) electrons. The number of hydrogen-bond donors (Lipinski definition) is 3. The molecule has 4 saturated heterocycles. The SMILES string of the molecule is CC(O)C1C(=O)N2C(C(=O)O)=C(CN3C(=O)c4cccc5c(CC[N+]67CC[N+](CC(N)=O)(CC6)CC7)ccc(c45)S3(=O)=O)C(C)C12. The molecule has 2 aromatic rings. The van der Waals surface area contributed by atoms with Gasteiger partial charge >= 0.3 is 5.97 Å². The number of carbonyl (C=O) groups is 4. The molecule has 0 spiro atoms. The first kappa shape index (κ1) is 30.8. The number of nitrogens with zero attached hydrogens (tertiary/aromatic N) is 4. The Labute approximate surface area is 266 Å². The van der Waals surface area contributed by atoms with Crippen LogP contribution in [0, 0.1) is 11.8 Å². The van der Waals surface area contributed by atoms with Gasteiger partial charge in [-0.05, 0) is 35.6 Å². The van der Waals surface area contributed by atoms with Gasteiger partial charge in [0.25, 0.3) is 21.8 Å². The van der Waals surface area contributed by atoms with Crippen molar-refractivity contribution in [1.82, 2.24) is 9.21 Å². The Hall–Kier alpha value is -3.85. The zero-order valence-corrected chi connectivity index (χ0v) is 26.7. The summed E-state index contributed by atoms with van der Waals surface area (Å²) in [6.07, 6.45) is -0.315. The number of carboxylic acids is 1. The number of carbonyl (C=O) groups excluding carboxylic acids is 3. The molecule has 244 valence electrons. The second-order valence-electron chi connectivity index (χ2n) is 13.8. The van der Waals surface area contributed by atoms with Crippen molar-refractivity contribution in [3.05, 3.63) is 52.7 Å². The summed E-state index contributed by atoms with van der Waals surface area (Å²) in [4.78, 5) is 51.8. The fourth-order valence-corrected chi connectivity index (χ4v) is 10.4. The van der Waals surface area contributed by atoms with E-state index in [1.807, 2.05) is 12.1 Å². The van der Waals surface area contributed by atoms with E-state index in [-0.39, 0.29) is 27.6 Å². The molecule has 2 aromatic carbocycles. The average Bonchev–Trinajstić information content (AvgIpc) is 3.25. The number of nitrogens with two attached hydrogens (primary N) is 1. The lowest BCUT2D eigenvalue weighted by Gasteiger charge is -2.55. The maximum absolute atomic E-state index is 14.1. The van der Waals surface area contributed by atoms with Gasteiger partial charge in [-0.3, -0.25) is 14.4 Å². The number of β-lactam (4-membered cyclic amide) rings is 1. The molecule has 4 unspecified atom stereocenters. The number of hydrogen-bond acceptors (Lipinski definition) is 7. The van der Waals surface area contributed by atoms with Gasteiger partial charge in [0.15, 0.2) is 6.54 Å². The van der Waals surface area contributed by atoms with Crippen LogP contribution in [0.4, 0.5) is 0 Å². The van der Waals surface area contributed by atoms with E-state index in [9.17, 15) is 37.8 Å². The molecule has 3 amide bonds. The van der Waals surface area contributed by atoms with Crippen LogP contribution in [-0.2, 0) is 30.8 Å². The smallest absolute Gasteiger partial charge is 0.352 e. The lowest BCUT2D eigenvalue weighted by atomic mass is 9.78. The molecular weight excluding hydrogens is 614 g/mol. The number of aliphatic carboxylic acids is 1. The first-order chi connectivity index (χ1) is 21.7. The van der Waals surface area contributed by atoms with Gasteiger partial charge in [-0.15, -0.1) is 0 Å². The Morgan fingerprint density at radius 2 is 1.70 bits per heavy atom. The molecule has 14 heteroatoms. The molecule has 4 atom stereocenters. The molecular formula is C32H39N5O8S+2. The minimum atomic E-state index is -4.38. The predicted octanol–water partition coefficient (Wildman–Crippen LogP) is -0.131. The Kier molecular flexibility index (Phi) is 6.91. The third kappa shape index (κ3) is 4.33. The lowest BCUT2D eigenvalue weighted by Crippen LogP contribution is -2.76. The van der Waals surface area contributed by atoms with Crippen LogP contribution >= 0.6 is 0 Å². The Balaban J connectivity index is 1.18. The van der Waals surface area contributed by atoms with Crippen LogP contribution in [0.15, 0.2) is 46.5 Å². The van der Waals surface area contributed by atoms with Crippen molar-refractivity contribution in [1.29, 1.82) is 0 Å². The van der Waals surface area contributed by atoms with Crippen molar-refractivity contribution in [3.8, 4) is 0 Å². The fourth-order valence-electron chi connectivity index (χ4n) is 8.78. The molecule has 0 saturated carbocycles. The molecule has 6 aliphatic heterocycles. The number of aliphatic hydroxyl groups excluding tert-OH is 1. The summed E-state index contributed by atoms with van der Waals surface area (Å²) < 4.78 is 30.6. The molecule has 2 bridgehead atoms. The summed E-state index contributed by atoms with van der Waals surface area (Å²) in [6, 6.07) is 7.90. The van der Waals surface area contributed by atoms with Crippen molar-refractivity contribution < 1.29 is 46.8 Å². The highest BCUT2D eigenvalue weighted by atomic mass is 32.2. The molecule has 4 N–H and O–H groups in total. The Morgan fingerprint density at radius 1 is 1.04 bits per heavy atom. The summed E-state index contributed by atoms with van der Waals surface area (Å²) in [5, 5.41) is 21.3. The number of sulfonamides is 1. The number of carboxylic acid groups (broad SMARTS) is 1. The highest BCUT2D eigenvalue weighted by Gasteiger charge is 2.60. The van der Waals surface area contributed by atoms with Crippen LogP contribution in [0.5, 0.6) is 0 Å². The number of amides is 3. The van der Waals surface area contributed by atoms with Gasteiger partial charge in [-0.2, -0.15) is 0 Å². The average molecular weight is 654 g/mol. The van der Waals surface area contributed by atoms with E-state index in [4.69, 9.17) is 5.73 Å². The summed E-state index contributed by atoms with van der Waals surface area (Å²) in [5.74, 6) is -4.32. The van der Waals surface area contributed by atoms with Gasteiger partial charge in [0.2, 0.25) is 5.91 Å². The van der Waals surface area contributed by atoms with E-state index in [0.29, 0.717) is 23.7 Å². The molecule has 0 aromatic heterocycles. The van der Waals surface area contributed by atoms with Gasteiger partial charge in [-0.25, -0.2) is 17.5 Å². The molecule has 13 nitrogen and oxygen atoms in total. The Morgan fingerprint density at radius 3 is 2.30 bits per heavy atom. The highest BCUT2D eigenvalue weighted by Crippen LogP contribution is 2.48. The van der Waals surface area contributed by atoms with Crippen LogP contribution in [0.3, 0.4) is 0 Å². The van der Waals surface area contributed by atoms with E-state index < -0.39 is 58.3 Å². The maximum atomic E-state index is 14.1. The number of rotatable bonds is 9. The molecule has 0 aliphatic carbocycles. The number of aliphatic hydroxyl groups is 1. The topological polar surface area (TPSA) is 175 Å². The van der Waals surface area contributed by atoms with Crippen LogP contribution < -0.4 is 5.73 Å². The van der Waals surface area contributed by atoms with Crippen molar-refractivity contribution >= 4 is 44.5 Å². The minimum absolute atomic E-state index is 0.0118. The molecule has 6 heterocycles. The summed E-state index contributed by atoms with van der Waals surface area (Å²) in [7, 11) is -4.38. The van der Waals surface area contributed by atoms with Gasteiger partial charge in [-0.1, -0.05) is 25.1 Å². The van der Waals surface area contributed by atoms with Crippen LogP contribution in [0.25, 0.3) is 10.8 Å². The molecule has 8 rings (SSSR count). The first-order valence-electron chi connectivity index (χ1n) is 15.8. The lowest BCUT2D eigenvalue weighted by molar-refractivity contribution is -1.08. The zero-order valence-electron chi connectivity index (χ0n) is 25.9. The standard InChI is InChI=1S/C32H37N5O8S/c1-18-23(29(32(42)43)35-28(18)26(19(2)38)31(35)41)16-34-30(40)22-5-3-4-21-20(6-7-24(27(21)22)46(34,44)45)8-9-36-10-13-37(14-11-36,15-12-36)17-25(33)39/h3-7,18-19,26,28,38H,8-17H2,1-2H3,(H-2,33,39,42,43)/p+2. The number of benzene rings is 2. The van der Waals surface area contributed by atoms with Crippen molar-refractivity contribution in [2.75, 3.05) is 58.9 Å². The monoisotopic (exact) mass is 653 g/mol. The zero-order chi connectivity index (χ0) is 32.9. The third-order valence-corrected chi connectivity index (χ3v) is 13.2. The van der Waals surface area contributed by atoms with Crippen molar-refractivity contribution in [2.45, 2.75) is 37.3 Å². The third-order valence-electron chi connectivity index (χ3n) is 11.4. The number of quaternary nitrogens is 2. The van der Waals surface area contributed by atoms with Gasteiger partial charge in [0, 0.05) is 23.3 Å². The molecule has 4 fully saturated rings. The van der Waals surface area contributed by atoms with Gasteiger partial charge < -0.3 is 29.8 Å². The van der Waals surface area contributed by atoms with Crippen molar-refractivity contribution in [3.63, 3.8) is 0 Å². The largest absolute Gasteiger partial charge is 0.477 e. The highest BCUT2D eigenvalue weighted by molar-refractivity contribution is 7.90. The summed E-state index contributed by atoms with van der Waals surface area (Å²) in [5.41, 5.74) is 6.53. The minimum Gasteiger partial charge on any atom is -0.477 e. The van der Waals surface area contributed by atoms with E-state index in [1.165, 1.54) is 6.92 Å². The Bertz CT molecular complexity index is 1850. The second kappa shape index (κ2) is 10.3. The van der Waals surface area contributed by atoms with Crippen LogP contribution in [0.2, 0.25) is 0 Å². The molecule has 6 aliphatic rings. The predicted molar refractivity (Wildman–Crippen MR) is 164 cm³/mol.